The fraction of sp³-hybridized carbons (Fsp3) is 0.444. The molecule has 1 aliphatic heterocycles. The van der Waals surface area contributed by atoms with Crippen LogP contribution in [-0.2, 0) is 4.79 Å². The van der Waals surface area contributed by atoms with E-state index in [1.54, 1.807) is 0 Å². The highest BCUT2D eigenvalue weighted by atomic mass is 35.5. The van der Waals surface area contributed by atoms with E-state index in [2.05, 4.69) is 10.6 Å². The molecule has 1 heterocycles. The van der Waals surface area contributed by atoms with Crippen LogP contribution in [0.5, 0.6) is 0 Å². The molecule has 0 radical (unpaired) electrons. The fourth-order valence-corrected chi connectivity index (χ4v) is 1.18. The van der Waals surface area contributed by atoms with Crippen molar-refractivity contribution in [1.29, 1.82) is 0 Å². The molecule has 0 aliphatic carbocycles. The van der Waals surface area contributed by atoms with Crippen molar-refractivity contribution in [3.05, 3.63) is 21.7 Å². The lowest BCUT2D eigenvalue weighted by Gasteiger charge is -2.21. The first kappa shape index (κ1) is 11.6. The maximum absolute atomic E-state index is 11.4. The summed E-state index contributed by atoms with van der Waals surface area (Å²) in [7, 11) is 0. The minimum atomic E-state index is -0.0627. The third kappa shape index (κ3) is 3.33. The van der Waals surface area contributed by atoms with Gasteiger partial charge in [-0.15, -0.1) is 0 Å². The molecule has 0 aromatic heterocycles. The summed E-state index contributed by atoms with van der Waals surface area (Å²) in [4.78, 5) is 11.4. The van der Waals surface area contributed by atoms with Gasteiger partial charge in [-0.05, 0) is 18.6 Å². The molecule has 14 heavy (non-hydrogen) atoms. The van der Waals surface area contributed by atoms with Gasteiger partial charge < -0.3 is 10.6 Å². The first-order chi connectivity index (χ1) is 6.61. The highest BCUT2D eigenvalue weighted by Crippen LogP contribution is 2.08. The van der Waals surface area contributed by atoms with E-state index in [1.807, 2.05) is 6.92 Å². The van der Waals surface area contributed by atoms with E-state index in [0.717, 1.165) is 24.2 Å². The summed E-state index contributed by atoms with van der Waals surface area (Å²) in [6.45, 7) is 3.80. The van der Waals surface area contributed by atoms with Crippen LogP contribution in [0.3, 0.4) is 0 Å². The Hall–Kier alpha value is -0.510. The number of hydrogen-bond acceptors (Lipinski definition) is 2. The molecule has 1 aliphatic rings. The van der Waals surface area contributed by atoms with Crippen molar-refractivity contribution in [2.75, 3.05) is 19.6 Å². The lowest BCUT2D eigenvalue weighted by atomic mass is 10.0. The first-order valence-electron chi connectivity index (χ1n) is 4.30. The fourth-order valence-electron chi connectivity index (χ4n) is 1.03. The molecule has 1 rings (SSSR count). The average molecular weight is 235 g/mol. The summed E-state index contributed by atoms with van der Waals surface area (Å²) in [6, 6.07) is 0. The van der Waals surface area contributed by atoms with Gasteiger partial charge in [-0.25, -0.2) is 0 Å². The van der Waals surface area contributed by atoms with Gasteiger partial charge in [-0.3, -0.25) is 4.79 Å². The van der Waals surface area contributed by atoms with E-state index in [0.29, 0.717) is 6.54 Å². The van der Waals surface area contributed by atoms with Crippen LogP contribution in [0.2, 0.25) is 0 Å². The molecule has 0 aromatic carbocycles. The van der Waals surface area contributed by atoms with Gasteiger partial charge in [0.2, 0.25) is 5.91 Å². The molecule has 5 heteroatoms. The number of halogens is 2. The van der Waals surface area contributed by atoms with Gasteiger partial charge in [0, 0.05) is 25.2 Å². The maximum atomic E-state index is 11.4. The molecule has 3 nitrogen and oxygen atoms in total. The van der Waals surface area contributed by atoms with Crippen LogP contribution in [0.1, 0.15) is 6.92 Å². The van der Waals surface area contributed by atoms with Crippen LogP contribution in [0.25, 0.3) is 0 Å². The number of rotatable bonds is 3. The van der Waals surface area contributed by atoms with Crippen LogP contribution in [-0.4, -0.2) is 25.5 Å². The second-order valence-corrected chi connectivity index (χ2v) is 4.04. The summed E-state index contributed by atoms with van der Waals surface area (Å²) in [5.74, 6) is -0.0627. The number of carbonyl (C=O) groups excluding carboxylic acids is 1. The largest absolute Gasteiger partial charge is 0.349 e. The summed E-state index contributed by atoms with van der Waals surface area (Å²) >= 11 is 10.8. The molecular formula is C9H12Cl2N2O. The van der Waals surface area contributed by atoms with E-state index in [4.69, 9.17) is 23.2 Å². The highest BCUT2D eigenvalue weighted by molar-refractivity contribution is 6.55. The molecule has 1 saturated heterocycles. The Kier molecular flexibility index (Phi) is 4.45. The van der Waals surface area contributed by atoms with Gasteiger partial charge in [0.1, 0.15) is 4.49 Å². The second-order valence-electron chi connectivity index (χ2n) is 3.04. The van der Waals surface area contributed by atoms with Gasteiger partial charge in [0.05, 0.1) is 0 Å². The number of amides is 1. The number of carbonyl (C=O) groups is 1. The Balaban J connectivity index is 2.38. The summed E-state index contributed by atoms with van der Waals surface area (Å²) in [6.07, 6.45) is 1.54. The molecule has 0 saturated carbocycles. The zero-order chi connectivity index (χ0) is 10.6. The third-order valence-electron chi connectivity index (χ3n) is 2.07. The third-order valence-corrected chi connectivity index (χ3v) is 2.38. The first-order valence-corrected chi connectivity index (χ1v) is 5.05. The monoisotopic (exact) mass is 234 g/mol. The van der Waals surface area contributed by atoms with E-state index < -0.39 is 0 Å². The molecule has 0 unspecified atom stereocenters. The van der Waals surface area contributed by atoms with E-state index in [1.165, 1.54) is 6.08 Å². The molecule has 1 fully saturated rings. The van der Waals surface area contributed by atoms with Crippen LogP contribution in [0.15, 0.2) is 21.7 Å². The van der Waals surface area contributed by atoms with Crippen LogP contribution >= 0.6 is 23.2 Å². The van der Waals surface area contributed by atoms with E-state index in [-0.39, 0.29) is 10.4 Å². The minimum absolute atomic E-state index is 0.0627. The van der Waals surface area contributed by atoms with Crippen molar-refractivity contribution in [3.63, 3.8) is 0 Å². The minimum Gasteiger partial charge on any atom is -0.349 e. The van der Waals surface area contributed by atoms with Crippen molar-refractivity contribution in [3.8, 4) is 0 Å². The Bertz CT molecular complexity index is 287. The highest BCUT2D eigenvalue weighted by Gasteiger charge is 2.14. The zero-order valence-corrected chi connectivity index (χ0v) is 9.37. The van der Waals surface area contributed by atoms with Crippen molar-refractivity contribution in [2.24, 2.45) is 0 Å². The van der Waals surface area contributed by atoms with Crippen molar-refractivity contribution in [1.82, 2.24) is 10.6 Å². The lowest BCUT2D eigenvalue weighted by molar-refractivity contribution is -0.117. The lowest BCUT2D eigenvalue weighted by Crippen LogP contribution is -2.37. The van der Waals surface area contributed by atoms with Crippen molar-refractivity contribution >= 4 is 29.1 Å². The van der Waals surface area contributed by atoms with Gasteiger partial charge in [0.25, 0.3) is 0 Å². The second kappa shape index (κ2) is 5.39. The van der Waals surface area contributed by atoms with Gasteiger partial charge in [-0.1, -0.05) is 23.2 Å². The van der Waals surface area contributed by atoms with Crippen LogP contribution in [0, 0.1) is 0 Å². The Labute approximate surface area is 93.1 Å². The molecule has 0 aromatic rings. The Morgan fingerprint density at radius 2 is 2.21 bits per heavy atom. The molecule has 0 spiro atoms. The maximum Gasteiger partial charge on any atom is 0.247 e. The quantitative estimate of drug-likeness (QED) is 0.725. The predicted molar refractivity (Wildman–Crippen MR) is 58.4 cm³/mol. The van der Waals surface area contributed by atoms with Crippen molar-refractivity contribution < 1.29 is 4.79 Å². The van der Waals surface area contributed by atoms with Gasteiger partial charge in [-0.2, -0.15) is 0 Å². The van der Waals surface area contributed by atoms with E-state index in [9.17, 15) is 4.79 Å². The molecular weight excluding hydrogens is 223 g/mol. The molecule has 0 bridgehead atoms. The molecule has 1 amide bonds. The Morgan fingerprint density at radius 3 is 2.64 bits per heavy atom. The summed E-state index contributed by atoms with van der Waals surface area (Å²) in [5, 5.41) is 5.77. The van der Waals surface area contributed by atoms with Gasteiger partial charge >= 0.3 is 0 Å². The molecule has 78 valence electrons. The zero-order valence-electron chi connectivity index (χ0n) is 7.86. The van der Waals surface area contributed by atoms with Crippen LogP contribution in [0.4, 0.5) is 0 Å². The summed E-state index contributed by atoms with van der Waals surface area (Å²) < 4.78 is 0.168. The standard InChI is InChI=1S/C9H12Cl2N2O/c1-6(7-4-12-5-7)9(14)13-3-2-8(10)11/h2,12H,3-5H2,1H3,(H,13,14). The SMILES string of the molecule is CC(C(=O)NCC=C(Cl)Cl)=C1CNC1. The predicted octanol–water partition coefficient (Wildman–Crippen LogP) is 1.34. The van der Waals surface area contributed by atoms with Gasteiger partial charge in [0.15, 0.2) is 0 Å². The number of hydrogen-bond donors (Lipinski definition) is 2. The topological polar surface area (TPSA) is 41.1 Å². The van der Waals surface area contributed by atoms with Crippen LogP contribution < -0.4 is 10.6 Å². The van der Waals surface area contributed by atoms with E-state index >= 15 is 0 Å². The molecule has 0 atom stereocenters. The Morgan fingerprint density at radius 1 is 1.57 bits per heavy atom. The molecule has 2 N–H and O–H groups in total. The van der Waals surface area contributed by atoms with Crippen molar-refractivity contribution in [2.45, 2.75) is 6.92 Å². The normalized spacial score (nSPS) is 14.4. The smallest absolute Gasteiger partial charge is 0.247 e. The number of nitrogens with one attached hydrogen (secondary N) is 2. The summed E-state index contributed by atoms with van der Waals surface area (Å²) in [5.41, 5.74) is 1.94. The average Bonchev–Trinajstić information content (AvgIpc) is 2.00.